The van der Waals surface area contributed by atoms with Gasteiger partial charge in [-0.25, -0.2) is 0 Å². The molecule has 0 spiro atoms. The van der Waals surface area contributed by atoms with E-state index in [1.165, 1.54) is 0 Å². The maximum Gasteiger partial charge on any atom is 0.189 e. The van der Waals surface area contributed by atoms with Crippen LogP contribution in [-0.4, -0.2) is 12.9 Å². The second-order valence-corrected chi connectivity index (χ2v) is 5.99. The predicted molar refractivity (Wildman–Crippen MR) is 87.8 cm³/mol. The van der Waals surface area contributed by atoms with E-state index < -0.39 is 0 Å². The molecule has 1 aliphatic rings. The number of rotatable bonds is 2. The molecule has 0 saturated heterocycles. The molecule has 0 aliphatic heterocycles. The van der Waals surface area contributed by atoms with Crippen molar-refractivity contribution >= 4 is 27.8 Å². The zero-order valence-corrected chi connectivity index (χ0v) is 13.3. The number of fused-ring (bicyclic) bond motifs is 1. The van der Waals surface area contributed by atoms with Gasteiger partial charge in [0.2, 0.25) is 0 Å². The Balaban J connectivity index is 1.95. The fraction of sp³-hybridized carbons (Fsp3) is 0.167. The quantitative estimate of drug-likeness (QED) is 0.741. The number of carbonyl (C=O) groups excluding carboxylic acids is 1. The largest absolute Gasteiger partial charge is 0.497 e. The van der Waals surface area contributed by atoms with Crippen LogP contribution in [-0.2, 0) is 6.42 Å². The molecule has 0 amide bonds. The molecule has 0 atom stereocenters. The number of benzene rings is 2. The number of allylic oxidation sites excluding steroid dienone is 1. The van der Waals surface area contributed by atoms with Gasteiger partial charge in [0, 0.05) is 15.6 Å². The number of hydrogen-bond acceptors (Lipinski definition) is 2. The first-order valence-electron chi connectivity index (χ1n) is 6.85. The number of methoxy groups -OCH3 is 1. The second-order valence-electron chi connectivity index (χ2n) is 5.08. The van der Waals surface area contributed by atoms with Crippen LogP contribution >= 0.6 is 15.9 Å². The number of ether oxygens (including phenoxy) is 1. The Morgan fingerprint density at radius 3 is 2.76 bits per heavy atom. The summed E-state index contributed by atoms with van der Waals surface area (Å²) >= 11 is 3.46. The number of hydrogen-bond donors (Lipinski definition) is 0. The first-order chi connectivity index (χ1) is 10.2. The molecule has 0 aromatic heterocycles. The Bertz CT molecular complexity index is 732. The minimum Gasteiger partial charge on any atom is -0.497 e. The number of carbonyl (C=O) groups is 1. The van der Waals surface area contributed by atoms with Crippen LogP contribution in [0.25, 0.3) is 6.08 Å². The van der Waals surface area contributed by atoms with Gasteiger partial charge in [-0.3, -0.25) is 4.79 Å². The van der Waals surface area contributed by atoms with Crippen LogP contribution < -0.4 is 4.74 Å². The van der Waals surface area contributed by atoms with Gasteiger partial charge in [0.1, 0.15) is 5.75 Å². The van der Waals surface area contributed by atoms with Crippen molar-refractivity contribution in [3.05, 3.63) is 69.2 Å². The molecular weight excluding hydrogens is 328 g/mol. The molecule has 0 radical (unpaired) electrons. The molecule has 0 unspecified atom stereocenters. The Morgan fingerprint density at radius 2 is 2.00 bits per heavy atom. The van der Waals surface area contributed by atoms with E-state index in [4.69, 9.17) is 4.74 Å². The van der Waals surface area contributed by atoms with Crippen LogP contribution in [0.15, 0.2) is 52.5 Å². The summed E-state index contributed by atoms with van der Waals surface area (Å²) in [5.41, 5.74) is 3.78. The SMILES string of the molecule is COc1ccc2c(c1)CC/C(=C\c1cccc(Br)c1)C2=O. The van der Waals surface area contributed by atoms with Crippen LogP contribution in [0.5, 0.6) is 5.75 Å². The highest BCUT2D eigenvalue weighted by Crippen LogP contribution is 2.29. The van der Waals surface area contributed by atoms with Gasteiger partial charge >= 0.3 is 0 Å². The van der Waals surface area contributed by atoms with E-state index in [1.54, 1.807) is 7.11 Å². The highest BCUT2D eigenvalue weighted by Gasteiger charge is 2.22. The number of halogens is 1. The average Bonchev–Trinajstić information content (AvgIpc) is 2.50. The first-order valence-corrected chi connectivity index (χ1v) is 7.64. The highest BCUT2D eigenvalue weighted by atomic mass is 79.9. The van der Waals surface area contributed by atoms with E-state index in [0.717, 1.165) is 45.3 Å². The van der Waals surface area contributed by atoms with Crippen molar-refractivity contribution in [2.75, 3.05) is 7.11 Å². The lowest BCUT2D eigenvalue weighted by atomic mass is 9.86. The van der Waals surface area contributed by atoms with Crippen molar-refractivity contribution in [2.24, 2.45) is 0 Å². The molecule has 21 heavy (non-hydrogen) atoms. The average molecular weight is 343 g/mol. The molecule has 0 fully saturated rings. The van der Waals surface area contributed by atoms with Crippen molar-refractivity contribution in [3.8, 4) is 5.75 Å². The third-order valence-corrected chi connectivity index (χ3v) is 4.20. The molecule has 2 nitrogen and oxygen atoms in total. The molecule has 3 heteroatoms. The van der Waals surface area contributed by atoms with Crippen LogP contribution in [0.3, 0.4) is 0 Å². The van der Waals surface area contributed by atoms with Gasteiger partial charge in [0.05, 0.1) is 7.11 Å². The van der Waals surface area contributed by atoms with Gasteiger partial charge in [0.15, 0.2) is 5.78 Å². The summed E-state index contributed by atoms with van der Waals surface area (Å²) in [6.45, 7) is 0. The lowest BCUT2D eigenvalue weighted by Gasteiger charge is -2.18. The van der Waals surface area contributed by atoms with Gasteiger partial charge < -0.3 is 4.74 Å². The van der Waals surface area contributed by atoms with Crippen molar-refractivity contribution in [2.45, 2.75) is 12.8 Å². The van der Waals surface area contributed by atoms with E-state index in [1.807, 2.05) is 48.5 Å². The van der Waals surface area contributed by atoms with Crippen molar-refractivity contribution in [1.29, 1.82) is 0 Å². The first kappa shape index (κ1) is 14.1. The van der Waals surface area contributed by atoms with Crippen LogP contribution in [0.2, 0.25) is 0 Å². The normalized spacial score (nSPS) is 15.9. The van der Waals surface area contributed by atoms with Gasteiger partial charge in [0.25, 0.3) is 0 Å². The van der Waals surface area contributed by atoms with Gasteiger partial charge in [-0.2, -0.15) is 0 Å². The molecule has 0 bridgehead atoms. The molecule has 0 N–H and O–H groups in total. The lowest BCUT2D eigenvalue weighted by molar-refractivity contribution is 0.102. The molecule has 2 aromatic carbocycles. The topological polar surface area (TPSA) is 26.3 Å². The summed E-state index contributed by atoms with van der Waals surface area (Å²) in [4.78, 5) is 12.6. The Kier molecular flexibility index (Phi) is 3.93. The summed E-state index contributed by atoms with van der Waals surface area (Å²) in [6.07, 6.45) is 3.63. The zero-order valence-electron chi connectivity index (χ0n) is 11.7. The Hall–Kier alpha value is -1.87. The Morgan fingerprint density at radius 1 is 1.14 bits per heavy atom. The van der Waals surface area contributed by atoms with Gasteiger partial charge in [-0.15, -0.1) is 0 Å². The van der Waals surface area contributed by atoms with Crippen molar-refractivity contribution < 1.29 is 9.53 Å². The summed E-state index contributed by atoms with van der Waals surface area (Å²) in [6, 6.07) is 13.7. The number of aryl methyl sites for hydroxylation is 1. The van der Waals surface area contributed by atoms with Gasteiger partial charge in [-0.1, -0.05) is 28.1 Å². The minimum atomic E-state index is 0.124. The second kappa shape index (κ2) is 5.86. The van der Waals surface area contributed by atoms with E-state index in [0.29, 0.717) is 0 Å². The summed E-state index contributed by atoms with van der Waals surface area (Å²) in [5.74, 6) is 0.930. The standard InChI is InChI=1S/C18H15BrO2/c1-21-16-7-8-17-13(11-16)5-6-14(18(17)20)9-12-3-2-4-15(19)10-12/h2-4,7-11H,5-6H2,1H3/b14-9+. The van der Waals surface area contributed by atoms with E-state index >= 15 is 0 Å². The van der Waals surface area contributed by atoms with Crippen molar-refractivity contribution in [3.63, 3.8) is 0 Å². The smallest absolute Gasteiger partial charge is 0.189 e. The molecule has 0 saturated carbocycles. The molecule has 1 aliphatic carbocycles. The zero-order chi connectivity index (χ0) is 14.8. The maximum atomic E-state index is 12.6. The maximum absolute atomic E-state index is 12.6. The van der Waals surface area contributed by atoms with E-state index in [9.17, 15) is 4.79 Å². The number of Topliss-reactive ketones (excluding diaryl/α,β-unsaturated/α-hetero) is 1. The highest BCUT2D eigenvalue weighted by molar-refractivity contribution is 9.10. The minimum absolute atomic E-state index is 0.124. The summed E-state index contributed by atoms with van der Waals surface area (Å²) in [7, 11) is 1.64. The molecule has 3 rings (SSSR count). The molecular formula is C18H15BrO2. The van der Waals surface area contributed by atoms with Crippen LogP contribution in [0.1, 0.15) is 27.9 Å². The van der Waals surface area contributed by atoms with Crippen LogP contribution in [0.4, 0.5) is 0 Å². The third-order valence-electron chi connectivity index (χ3n) is 3.70. The van der Waals surface area contributed by atoms with Crippen LogP contribution in [0, 0.1) is 0 Å². The summed E-state index contributed by atoms with van der Waals surface area (Å²) < 4.78 is 6.24. The molecule has 2 aromatic rings. The van der Waals surface area contributed by atoms with Gasteiger partial charge in [-0.05, 0) is 60.4 Å². The predicted octanol–water partition coefficient (Wildman–Crippen LogP) is 4.67. The molecule has 0 heterocycles. The fourth-order valence-electron chi connectivity index (χ4n) is 2.62. The molecule has 106 valence electrons. The third kappa shape index (κ3) is 2.93. The summed E-state index contributed by atoms with van der Waals surface area (Å²) in [5, 5.41) is 0. The van der Waals surface area contributed by atoms with E-state index in [-0.39, 0.29) is 5.78 Å². The number of ketones is 1. The lowest BCUT2D eigenvalue weighted by Crippen LogP contribution is -2.14. The monoisotopic (exact) mass is 342 g/mol. The van der Waals surface area contributed by atoms with E-state index in [2.05, 4.69) is 15.9 Å². The van der Waals surface area contributed by atoms with Crippen molar-refractivity contribution in [1.82, 2.24) is 0 Å². The Labute approximate surface area is 132 Å². The fourth-order valence-corrected chi connectivity index (χ4v) is 3.03.